The number of likely N-dealkylation sites (tertiary alicyclic amines) is 1. The van der Waals surface area contributed by atoms with Gasteiger partial charge in [-0.25, -0.2) is 4.98 Å². The maximum Gasteiger partial charge on any atom is 0.128 e. The average Bonchev–Trinajstić information content (AvgIpc) is 2.96. The second kappa shape index (κ2) is 7.60. The van der Waals surface area contributed by atoms with Gasteiger partial charge in [0.2, 0.25) is 0 Å². The third-order valence-electron chi connectivity index (χ3n) is 4.09. The summed E-state index contributed by atoms with van der Waals surface area (Å²) in [5.41, 5.74) is 2.43. The van der Waals surface area contributed by atoms with Gasteiger partial charge in [0.15, 0.2) is 0 Å². The van der Waals surface area contributed by atoms with Crippen molar-refractivity contribution in [3.8, 4) is 0 Å². The summed E-state index contributed by atoms with van der Waals surface area (Å²) in [7, 11) is 2.14. The average molecular weight is 276 g/mol. The van der Waals surface area contributed by atoms with Crippen molar-refractivity contribution in [1.29, 1.82) is 0 Å². The molecule has 0 bridgehead atoms. The number of hydrogen-bond donors (Lipinski definition) is 1. The predicted molar refractivity (Wildman–Crippen MR) is 85.3 cm³/mol. The molecule has 4 heteroatoms. The van der Waals surface area contributed by atoms with Gasteiger partial charge in [0.05, 0.1) is 0 Å². The fraction of sp³-hybridized carbons (Fsp3) is 0.688. The first-order valence-corrected chi connectivity index (χ1v) is 7.81. The van der Waals surface area contributed by atoms with Crippen LogP contribution in [0.4, 0.5) is 5.82 Å². The number of rotatable bonds is 7. The molecule has 2 rings (SSSR count). The first-order valence-electron chi connectivity index (χ1n) is 7.81. The van der Waals surface area contributed by atoms with Crippen molar-refractivity contribution in [3.63, 3.8) is 0 Å². The Kier molecular flexibility index (Phi) is 5.80. The molecule has 1 fully saturated rings. The van der Waals surface area contributed by atoms with Crippen molar-refractivity contribution in [2.45, 2.75) is 33.2 Å². The van der Waals surface area contributed by atoms with E-state index < -0.39 is 0 Å². The molecule has 0 atom stereocenters. The van der Waals surface area contributed by atoms with E-state index >= 15 is 0 Å². The Morgan fingerprint density at radius 1 is 1.30 bits per heavy atom. The summed E-state index contributed by atoms with van der Waals surface area (Å²) < 4.78 is 0. The highest BCUT2D eigenvalue weighted by molar-refractivity contribution is 5.40. The van der Waals surface area contributed by atoms with Gasteiger partial charge in [-0.05, 0) is 51.0 Å². The molecule has 20 heavy (non-hydrogen) atoms. The molecule has 1 aliphatic heterocycles. The number of hydrogen-bond acceptors (Lipinski definition) is 4. The molecule has 4 nitrogen and oxygen atoms in total. The first kappa shape index (κ1) is 15.3. The molecule has 0 aromatic carbocycles. The van der Waals surface area contributed by atoms with E-state index in [9.17, 15) is 0 Å². The Hall–Kier alpha value is -1.13. The third-order valence-corrected chi connectivity index (χ3v) is 4.09. The van der Waals surface area contributed by atoms with E-state index in [2.05, 4.69) is 48.1 Å². The molecule has 1 aromatic rings. The Morgan fingerprint density at radius 3 is 2.70 bits per heavy atom. The SMILES string of the molecule is CCNCc1ccc(N(C)CCN2CCCC2)nc1C. The quantitative estimate of drug-likeness (QED) is 0.826. The summed E-state index contributed by atoms with van der Waals surface area (Å²) in [6.45, 7) is 10.9. The standard InChI is InChI=1S/C16H28N4/c1-4-17-13-15-7-8-16(18-14(15)2)19(3)11-12-20-9-5-6-10-20/h7-8,17H,4-6,9-13H2,1-3H3. The molecule has 0 saturated carbocycles. The number of pyridine rings is 1. The molecule has 0 aliphatic carbocycles. The molecule has 2 heterocycles. The zero-order valence-electron chi connectivity index (χ0n) is 13.2. The highest BCUT2D eigenvalue weighted by atomic mass is 15.2. The van der Waals surface area contributed by atoms with Crippen LogP contribution in [0, 0.1) is 6.92 Å². The van der Waals surface area contributed by atoms with Gasteiger partial charge < -0.3 is 15.1 Å². The summed E-state index contributed by atoms with van der Waals surface area (Å²) in [5, 5.41) is 3.36. The van der Waals surface area contributed by atoms with Crippen LogP contribution in [0.3, 0.4) is 0 Å². The smallest absolute Gasteiger partial charge is 0.128 e. The summed E-state index contributed by atoms with van der Waals surface area (Å²) in [5.74, 6) is 1.09. The van der Waals surface area contributed by atoms with E-state index in [0.717, 1.165) is 37.7 Å². The van der Waals surface area contributed by atoms with Gasteiger partial charge in [-0.3, -0.25) is 0 Å². The van der Waals surface area contributed by atoms with Crippen LogP contribution >= 0.6 is 0 Å². The van der Waals surface area contributed by atoms with Crippen LogP contribution in [-0.4, -0.2) is 49.7 Å². The summed E-state index contributed by atoms with van der Waals surface area (Å²) in [6, 6.07) is 4.34. The molecule has 1 N–H and O–H groups in total. The van der Waals surface area contributed by atoms with Crippen LogP contribution in [0.25, 0.3) is 0 Å². The van der Waals surface area contributed by atoms with Crippen LogP contribution in [0.15, 0.2) is 12.1 Å². The Bertz CT molecular complexity index is 413. The predicted octanol–water partition coefficient (Wildman–Crippen LogP) is 2.03. The minimum atomic E-state index is 0.910. The lowest BCUT2D eigenvalue weighted by molar-refractivity contribution is 0.346. The maximum absolute atomic E-state index is 4.74. The second-order valence-electron chi connectivity index (χ2n) is 5.66. The van der Waals surface area contributed by atoms with Crippen LogP contribution < -0.4 is 10.2 Å². The summed E-state index contributed by atoms with van der Waals surface area (Å²) in [4.78, 5) is 9.55. The highest BCUT2D eigenvalue weighted by Crippen LogP contribution is 2.14. The van der Waals surface area contributed by atoms with Gasteiger partial charge in [-0.2, -0.15) is 0 Å². The summed E-state index contributed by atoms with van der Waals surface area (Å²) in [6.07, 6.45) is 2.72. The Morgan fingerprint density at radius 2 is 2.05 bits per heavy atom. The molecule has 0 spiro atoms. The van der Waals surface area contributed by atoms with Crippen molar-refractivity contribution in [1.82, 2.24) is 15.2 Å². The Labute approximate surface area is 123 Å². The molecular formula is C16H28N4. The minimum Gasteiger partial charge on any atom is -0.358 e. The van der Waals surface area contributed by atoms with Gasteiger partial charge >= 0.3 is 0 Å². The lowest BCUT2D eigenvalue weighted by Gasteiger charge is -2.23. The van der Waals surface area contributed by atoms with E-state index in [1.54, 1.807) is 0 Å². The zero-order chi connectivity index (χ0) is 14.4. The van der Waals surface area contributed by atoms with E-state index in [1.807, 2.05) is 0 Å². The van der Waals surface area contributed by atoms with Crippen molar-refractivity contribution in [2.24, 2.45) is 0 Å². The lowest BCUT2D eigenvalue weighted by Crippen LogP contribution is -2.31. The van der Waals surface area contributed by atoms with Gasteiger partial charge in [-0.1, -0.05) is 13.0 Å². The molecule has 0 unspecified atom stereocenters. The minimum absolute atomic E-state index is 0.910. The van der Waals surface area contributed by atoms with Crippen LogP contribution in [0.1, 0.15) is 31.0 Å². The fourth-order valence-electron chi connectivity index (χ4n) is 2.65. The van der Waals surface area contributed by atoms with E-state index in [0.29, 0.717) is 0 Å². The third kappa shape index (κ3) is 4.18. The zero-order valence-corrected chi connectivity index (χ0v) is 13.2. The normalized spacial score (nSPS) is 15.8. The fourth-order valence-corrected chi connectivity index (χ4v) is 2.65. The van der Waals surface area contributed by atoms with Gasteiger partial charge in [0.25, 0.3) is 0 Å². The maximum atomic E-state index is 4.74. The van der Waals surface area contributed by atoms with Gasteiger partial charge in [-0.15, -0.1) is 0 Å². The van der Waals surface area contributed by atoms with Crippen molar-refractivity contribution in [3.05, 3.63) is 23.4 Å². The van der Waals surface area contributed by atoms with Crippen LogP contribution in [-0.2, 0) is 6.54 Å². The topological polar surface area (TPSA) is 31.4 Å². The number of aromatic nitrogens is 1. The molecule has 112 valence electrons. The molecule has 0 amide bonds. The summed E-state index contributed by atoms with van der Waals surface area (Å²) >= 11 is 0. The van der Waals surface area contributed by atoms with Crippen molar-refractivity contribution < 1.29 is 0 Å². The number of nitrogens with zero attached hydrogens (tertiary/aromatic N) is 3. The van der Waals surface area contributed by atoms with Crippen LogP contribution in [0.5, 0.6) is 0 Å². The lowest BCUT2D eigenvalue weighted by atomic mass is 10.2. The number of aryl methyl sites for hydroxylation is 1. The molecule has 1 saturated heterocycles. The molecule has 0 radical (unpaired) electrons. The van der Waals surface area contributed by atoms with E-state index in [-0.39, 0.29) is 0 Å². The van der Waals surface area contributed by atoms with E-state index in [4.69, 9.17) is 4.98 Å². The van der Waals surface area contributed by atoms with Crippen molar-refractivity contribution >= 4 is 5.82 Å². The van der Waals surface area contributed by atoms with Gasteiger partial charge in [0.1, 0.15) is 5.82 Å². The molecule has 1 aromatic heterocycles. The number of anilines is 1. The number of likely N-dealkylation sites (N-methyl/N-ethyl adjacent to an activating group) is 1. The highest BCUT2D eigenvalue weighted by Gasteiger charge is 2.12. The largest absolute Gasteiger partial charge is 0.358 e. The van der Waals surface area contributed by atoms with Gasteiger partial charge in [0, 0.05) is 32.4 Å². The van der Waals surface area contributed by atoms with E-state index in [1.165, 1.54) is 31.5 Å². The Balaban J connectivity index is 1.88. The van der Waals surface area contributed by atoms with Crippen LogP contribution in [0.2, 0.25) is 0 Å². The first-order chi connectivity index (χ1) is 9.70. The van der Waals surface area contributed by atoms with Crippen molar-refractivity contribution in [2.75, 3.05) is 44.7 Å². The monoisotopic (exact) mass is 276 g/mol. The second-order valence-corrected chi connectivity index (χ2v) is 5.66. The number of nitrogens with one attached hydrogen (secondary N) is 1. The molecular weight excluding hydrogens is 248 g/mol. The molecule has 1 aliphatic rings.